The van der Waals surface area contributed by atoms with Gasteiger partial charge in [-0.15, -0.1) is 0 Å². The highest BCUT2D eigenvalue weighted by Gasteiger charge is 2.27. The summed E-state index contributed by atoms with van der Waals surface area (Å²) in [6, 6.07) is 6.59. The Hall–Kier alpha value is -1.72. The molecule has 1 N–H and O–H groups in total. The van der Waals surface area contributed by atoms with E-state index in [9.17, 15) is 9.50 Å². The Kier molecular flexibility index (Phi) is 4.55. The first-order valence-corrected chi connectivity index (χ1v) is 7.72. The molecule has 0 saturated carbocycles. The summed E-state index contributed by atoms with van der Waals surface area (Å²) in [6.07, 6.45) is 5.31. The summed E-state index contributed by atoms with van der Waals surface area (Å²) >= 11 is 0. The second kappa shape index (κ2) is 6.58. The average Bonchev–Trinajstić information content (AvgIpc) is 2.89. The summed E-state index contributed by atoms with van der Waals surface area (Å²) in [6.45, 7) is 2.48. The van der Waals surface area contributed by atoms with Gasteiger partial charge < -0.3 is 5.11 Å². The standard InChI is InChI=1S/C17H22FN3O/c1-20-10-14(9-19-20)11-21-7-6-15(17(22)12-21)8-13-2-4-16(18)5-3-13/h2-5,9-10,15,17,22H,6-8,11-12H2,1H3/t15-,17+/m1/s1. The van der Waals surface area contributed by atoms with E-state index >= 15 is 0 Å². The van der Waals surface area contributed by atoms with E-state index in [4.69, 9.17) is 0 Å². The van der Waals surface area contributed by atoms with Crippen LogP contribution in [-0.4, -0.2) is 39.0 Å². The molecule has 2 aromatic rings. The van der Waals surface area contributed by atoms with E-state index in [0.717, 1.165) is 31.5 Å². The van der Waals surface area contributed by atoms with E-state index in [-0.39, 0.29) is 17.8 Å². The lowest BCUT2D eigenvalue weighted by Gasteiger charge is -2.35. The van der Waals surface area contributed by atoms with Crippen LogP contribution in [0.3, 0.4) is 0 Å². The SMILES string of the molecule is Cn1cc(CN2CC[C@H](Cc3ccc(F)cc3)[C@@H](O)C2)cn1. The molecule has 5 heteroatoms. The van der Waals surface area contributed by atoms with Crippen molar-refractivity contribution < 1.29 is 9.50 Å². The summed E-state index contributed by atoms with van der Waals surface area (Å²) in [5.41, 5.74) is 2.26. The molecule has 2 heterocycles. The van der Waals surface area contributed by atoms with Crippen LogP contribution >= 0.6 is 0 Å². The Morgan fingerprint density at radius 2 is 2.05 bits per heavy atom. The number of nitrogens with zero attached hydrogens (tertiary/aromatic N) is 3. The molecule has 118 valence electrons. The summed E-state index contributed by atoms with van der Waals surface area (Å²) in [7, 11) is 1.91. The second-order valence-corrected chi connectivity index (χ2v) is 6.20. The lowest BCUT2D eigenvalue weighted by atomic mass is 9.88. The number of hydrogen-bond donors (Lipinski definition) is 1. The maximum atomic E-state index is 12.9. The third-order valence-electron chi connectivity index (χ3n) is 4.38. The normalized spacial score (nSPS) is 22.9. The first-order valence-electron chi connectivity index (χ1n) is 7.72. The predicted molar refractivity (Wildman–Crippen MR) is 82.7 cm³/mol. The maximum Gasteiger partial charge on any atom is 0.123 e. The molecule has 0 radical (unpaired) electrons. The molecule has 0 amide bonds. The molecular formula is C17H22FN3O. The first-order chi connectivity index (χ1) is 10.6. The van der Waals surface area contributed by atoms with E-state index in [0.29, 0.717) is 6.54 Å². The Bertz CT molecular complexity index is 611. The van der Waals surface area contributed by atoms with Crippen molar-refractivity contribution in [3.63, 3.8) is 0 Å². The number of aliphatic hydroxyl groups excluding tert-OH is 1. The smallest absolute Gasteiger partial charge is 0.123 e. The van der Waals surface area contributed by atoms with Crippen LogP contribution < -0.4 is 0 Å². The maximum absolute atomic E-state index is 12.9. The molecule has 0 unspecified atom stereocenters. The Balaban J connectivity index is 1.54. The molecule has 1 saturated heterocycles. The zero-order valence-corrected chi connectivity index (χ0v) is 12.8. The van der Waals surface area contributed by atoms with Gasteiger partial charge in [-0.05, 0) is 43.0 Å². The van der Waals surface area contributed by atoms with Crippen molar-refractivity contribution >= 4 is 0 Å². The van der Waals surface area contributed by atoms with Crippen LogP contribution in [0.25, 0.3) is 0 Å². The highest BCUT2D eigenvalue weighted by atomic mass is 19.1. The number of aryl methyl sites for hydroxylation is 1. The number of aliphatic hydroxyl groups is 1. The molecule has 0 aliphatic carbocycles. The molecule has 4 nitrogen and oxygen atoms in total. The van der Waals surface area contributed by atoms with Gasteiger partial charge in [0.2, 0.25) is 0 Å². The summed E-state index contributed by atoms with van der Waals surface area (Å²) in [4.78, 5) is 2.27. The zero-order chi connectivity index (χ0) is 15.5. The molecule has 0 bridgehead atoms. The average molecular weight is 303 g/mol. The number of likely N-dealkylation sites (tertiary alicyclic amines) is 1. The van der Waals surface area contributed by atoms with Gasteiger partial charge in [-0.1, -0.05) is 12.1 Å². The number of benzene rings is 1. The molecule has 1 aromatic heterocycles. The van der Waals surface area contributed by atoms with Crippen LogP contribution in [0.15, 0.2) is 36.7 Å². The minimum Gasteiger partial charge on any atom is -0.391 e. The van der Waals surface area contributed by atoms with Crippen molar-refractivity contribution in [3.8, 4) is 0 Å². The van der Waals surface area contributed by atoms with Gasteiger partial charge in [0.15, 0.2) is 0 Å². The Morgan fingerprint density at radius 3 is 2.68 bits per heavy atom. The van der Waals surface area contributed by atoms with Gasteiger partial charge in [-0.3, -0.25) is 9.58 Å². The molecule has 3 rings (SSSR count). The Morgan fingerprint density at radius 1 is 1.27 bits per heavy atom. The van der Waals surface area contributed by atoms with E-state index in [2.05, 4.69) is 10.00 Å². The quantitative estimate of drug-likeness (QED) is 0.939. The fourth-order valence-corrected chi connectivity index (χ4v) is 3.16. The van der Waals surface area contributed by atoms with Crippen molar-refractivity contribution in [1.82, 2.24) is 14.7 Å². The van der Waals surface area contributed by atoms with Crippen molar-refractivity contribution in [3.05, 3.63) is 53.6 Å². The summed E-state index contributed by atoms with van der Waals surface area (Å²) < 4.78 is 14.7. The first kappa shape index (κ1) is 15.2. The third-order valence-corrected chi connectivity index (χ3v) is 4.38. The van der Waals surface area contributed by atoms with E-state index in [1.807, 2.05) is 31.6 Å². The molecular weight excluding hydrogens is 281 g/mol. The highest BCUT2D eigenvalue weighted by Crippen LogP contribution is 2.23. The van der Waals surface area contributed by atoms with E-state index in [1.54, 1.807) is 4.68 Å². The van der Waals surface area contributed by atoms with Gasteiger partial charge >= 0.3 is 0 Å². The van der Waals surface area contributed by atoms with Gasteiger partial charge in [0.25, 0.3) is 0 Å². The van der Waals surface area contributed by atoms with Crippen LogP contribution in [0.2, 0.25) is 0 Å². The van der Waals surface area contributed by atoms with Crippen LogP contribution in [0.5, 0.6) is 0 Å². The van der Waals surface area contributed by atoms with Crippen molar-refractivity contribution in [1.29, 1.82) is 0 Å². The van der Waals surface area contributed by atoms with Gasteiger partial charge in [0.05, 0.1) is 12.3 Å². The lowest BCUT2D eigenvalue weighted by molar-refractivity contribution is 0.0187. The molecule has 0 spiro atoms. The molecule has 1 aliphatic heterocycles. The van der Waals surface area contributed by atoms with Crippen molar-refractivity contribution in [2.75, 3.05) is 13.1 Å². The molecule has 1 fully saturated rings. The largest absolute Gasteiger partial charge is 0.391 e. The minimum atomic E-state index is -0.338. The van der Waals surface area contributed by atoms with E-state index < -0.39 is 0 Å². The molecule has 22 heavy (non-hydrogen) atoms. The zero-order valence-electron chi connectivity index (χ0n) is 12.8. The molecule has 1 aliphatic rings. The fourth-order valence-electron chi connectivity index (χ4n) is 3.16. The van der Waals surface area contributed by atoms with Gasteiger partial charge in [0, 0.05) is 31.9 Å². The monoisotopic (exact) mass is 303 g/mol. The van der Waals surface area contributed by atoms with Crippen molar-refractivity contribution in [2.45, 2.75) is 25.5 Å². The van der Waals surface area contributed by atoms with Gasteiger partial charge in [0.1, 0.15) is 5.82 Å². The van der Waals surface area contributed by atoms with E-state index in [1.165, 1.54) is 17.7 Å². The summed E-state index contributed by atoms with van der Waals surface area (Å²) in [5.74, 6) is 0.0335. The Labute approximate surface area is 130 Å². The fraction of sp³-hybridized carbons (Fsp3) is 0.471. The van der Waals surface area contributed by atoms with Crippen LogP contribution in [-0.2, 0) is 20.0 Å². The summed E-state index contributed by atoms with van der Waals surface area (Å²) in [5, 5.41) is 14.6. The van der Waals surface area contributed by atoms with Crippen LogP contribution in [0.1, 0.15) is 17.5 Å². The van der Waals surface area contributed by atoms with Gasteiger partial charge in [-0.2, -0.15) is 5.10 Å². The third kappa shape index (κ3) is 3.72. The number of hydrogen-bond acceptors (Lipinski definition) is 3. The number of piperidine rings is 1. The van der Waals surface area contributed by atoms with Gasteiger partial charge in [-0.25, -0.2) is 4.39 Å². The molecule has 1 aromatic carbocycles. The minimum absolute atomic E-state index is 0.212. The topological polar surface area (TPSA) is 41.3 Å². The number of aromatic nitrogens is 2. The highest BCUT2D eigenvalue weighted by molar-refractivity contribution is 5.17. The predicted octanol–water partition coefficient (Wildman–Crippen LogP) is 1.98. The second-order valence-electron chi connectivity index (χ2n) is 6.20. The van der Waals surface area contributed by atoms with Crippen LogP contribution in [0, 0.1) is 11.7 Å². The number of rotatable bonds is 4. The molecule has 2 atom stereocenters. The van der Waals surface area contributed by atoms with Crippen LogP contribution in [0.4, 0.5) is 4.39 Å². The lowest BCUT2D eigenvalue weighted by Crippen LogP contribution is -2.44. The number of β-amino-alcohol motifs (C(OH)–C–C–N with tert-alkyl or cyclic N) is 1. The number of halogens is 1. The van der Waals surface area contributed by atoms with Crippen molar-refractivity contribution in [2.24, 2.45) is 13.0 Å².